The third-order valence-electron chi connectivity index (χ3n) is 3.54. The normalized spacial score (nSPS) is 16.6. The molecule has 1 atom stereocenters. The maximum atomic E-state index is 12.8. The highest BCUT2D eigenvalue weighted by Gasteiger charge is 2.31. The standard InChI is InChI=1S/C17H14FNO3/c1-10-2-3-11-9-15(22-17(21)14(11)8-10)16(20)19-13-6-4-12(18)5-7-13/h2-8,15H,9H2,1H3,(H,19,20). The van der Waals surface area contributed by atoms with Crippen molar-refractivity contribution in [3.63, 3.8) is 0 Å². The van der Waals surface area contributed by atoms with Crippen LogP contribution < -0.4 is 5.32 Å². The minimum absolute atomic E-state index is 0.328. The number of rotatable bonds is 2. The van der Waals surface area contributed by atoms with Crippen LogP contribution >= 0.6 is 0 Å². The molecule has 112 valence electrons. The van der Waals surface area contributed by atoms with Gasteiger partial charge in [0.2, 0.25) is 0 Å². The van der Waals surface area contributed by atoms with Crippen LogP contribution in [0.15, 0.2) is 42.5 Å². The fourth-order valence-electron chi connectivity index (χ4n) is 2.39. The molecule has 3 rings (SSSR count). The minimum atomic E-state index is -0.882. The number of benzene rings is 2. The summed E-state index contributed by atoms with van der Waals surface area (Å²) in [6, 6.07) is 10.9. The van der Waals surface area contributed by atoms with Gasteiger partial charge in [-0.2, -0.15) is 0 Å². The lowest BCUT2D eigenvalue weighted by atomic mass is 9.96. The van der Waals surface area contributed by atoms with Crippen molar-refractivity contribution >= 4 is 17.6 Å². The van der Waals surface area contributed by atoms with E-state index in [1.54, 1.807) is 6.07 Å². The first-order valence-corrected chi connectivity index (χ1v) is 6.90. The Morgan fingerprint density at radius 3 is 2.68 bits per heavy atom. The lowest BCUT2D eigenvalue weighted by molar-refractivity contribution is -0.125. The summed E-state index contributed by atoms with van der Waals surface area (Å²) in [5, 5.41) is 2.62. The Morgan fingerprint density at radius 2 is 1.95 bits per heavy atom. The van der Waals surface area contributed by atoms with E-state index in [9.17, 15) is 14.0 Å². The summed E-state index contributed by atoms with van der Waals surface area (Å²) in [7, 11) is 0. The van der Waals surface area contributed by atoms with Gasteiger partial charge in [0.1, 0.15) is 5.82 Å². The molecule has 1 aliphatic heterocycles. The number of carbonyl (C=O) groups excluding carboxylic acids is 2. The number of amides is 1. The van der Waals surface area contributed by atoms with Gasteiger partial charge < -0.3 is 10.1 Å². The van der Waals surface area contributed by atoms with E-state index in [1.807, 2.05) is 19.1 Å². The van der Waals surface area contributed by atoms with Crippen LogP contribution in [0.2, 0.25) is 0 Å². The molecule has 22 heavy (non-hydrogen) atoms. The highest BCUT2D eigenvalue weighted by atomic mass is 19.1. The number of hydrogen-bond acceptors (Lipinski definition) is 3. The third kappa shape index (κ3) is 2.83. The van der Waals surface area contributed by atoms with E-state index in [0.717, 1.165) is 11.1 Å². The summed E-state index contributed by atoms with van der Waals surface area (Å²) in [6.07, 6.45) is -0.554. The molecule has 2 aromatic rings. The van der Waals surface area contributed by atoms with Crippen LogP contribution in [-0.4, -0.2) is 18.0 Å². The smallest absolute Gasteiger partial charge is 0.339 e. The number of ether oxygens (including phenoxy) is 1. The Bertz CT molecular complexity index is 740. The molecule has 1 aliphatic rings. The molecule has 0 aromatic heterocycles. The van der Waals surface area contributed by atoms with Gasteiger partial charge in [-0.15, -0.1) is 0 Å². The molecule has 0 saturated heterocycles. The predicted octanol–water partition coefficient (Wildman–Crippen LogP) is 2.85. The monoisotopic (exact) mass is 299 g/mol. The first-order valence-electron chi connectivity index (χ1n) is 6.90. The molecular weight excluding hydrogens is 285 g/mol. The number of fused-ring (bicyclic) bond motifs is 1. The average Bonchev–Trinajstić information content (AvgIpc) is 2.50. The molecule has 2 aromatic carbocycles. The molecule has 1 unspecified atom stereocenters. The van der Waals surface area contributed by atoms with E-state index in [1.165, 1.54) is 24.3 Å². The second kappa shape index (κ2) is 5.60. The Labute approximate surface area is 126 Å². The number of anilines is 1. The number of nitrogens with one attached hydrogen (secondary N) is 1. The Hall–Kier alpha value is -2.69. The van der Waals surface area contributed by atoms with Gasteiger partial charge in [-0.25, -0.2) is 9.18 Å². The molecule has 0 fully saturated rings. The largest absolute Gasteiger partial charge is 0.448 e. The fraction of sp³-hybridized carbons (Fsp3) is 0.176. The van der Waals surface area contributed by atoms with Crippen LogP contribution in [0.3, 0.4) is 0 Å². The number of halogens is 1. The van der Waals surface area contributed by atoms with E-state index >= 15 is 0 Å². The number of esters is 1. The van der Waals surface area contributed by atoms with Crippen LogP contribution in [0, 0.1) is 12.7 Å². The van der Waals surface area contributed by atoms with Gasteiger partial charge in [0.25, 0.3) is 5.91 Å². The molecule has 0 spiro atoms. The zero-order valence-electron chi connectivity index (χ0n) is 11.9. The summed E-state index contributed by atoms with van der Waals surface area (Å²) in [4.78, 5) is 24.2. The van der Waals surface area contributed by atoms with Crippen LogP contribution in [0.4, 0.5) is 10.1 Å². The van der Waals surface area contributed by atoms with Gasteiger partial charge >= 0.3 is 5.97 Å². The molecule has 4 nitrogen and oxygen atoms in total. The van der Waals surface area contributed by atoms with E-state index in [-0.39, 0.29) is 5.82 Å². The first-order chi connectivity index (χ1) is 10.5. The molecule has 1 amide bonds. The van der Waals surface area contributed by atoms with E-state index in [4.69, 9.17) is 4.74 Å². The maximum absolute atomic E-state index is 12.8. The minimum Gasteiger partial charge on any atom is -0.448 e. The molecule has 0 aliphatic carbocycles. The van der Waals surface area contributed by atoms with Crippen molar-refractivity contribution in [3.8, 4) is 0 Å². The van der Waals surface area contributed by atoms with Gasteiger partial charge in [-0.05, 0) is 42.8 Å². The second-order valence-electron chi connectivity index (χ2n) is 5.25. The van der Waals surface area contributed by atoms with E-state index < -0.39 is 18.0 Å². The quantitative estimate of drug-likeness (QED) is 0.868. The van der Waals surface area contributed by atoms with Gasteiger partial charge in [-0.3, -0.25) is 4.79 Å². The van der Waals surface area contributed by atoms with Crippen molar-refractivity contribution in [1.29, 1.82) is 0 Å². The number of aryl methyl sites for hydroxylation is 1. The summed E-state index contributed by atoms with van der Waals surface area (Å²) >= 11 is 0. The van der Waals surface area contributed by atoms with Crippen LogP contribution in [0.25, 0.3) is 0 Å². The number of cyclic esters (lactones) is 1. The first kappa shape index (κ1) is 14.3. The van der Waals surface area contributed by atoms with Crippen molar-refractivity contribution in [2.45, 2.75) is 19.4 Å². The second-order valence-corrected chi connectivity index (χ2v) is 5.25. The average molecular weight is 299 g/mol. The molecule has 0 saturated carbocycles. The Morgan fingerprint density at radius 1 is 1.23 bits per heavy atom. The lowest BCUT2D eigenvalue weighted by Gasteiger charge is -2.24. The number of carbonyl (C=O) groups is 2. The topological polar surface area (TPSA) is 55.4 Å². The highest BCUT2D eigenvalue weighted by molar-refractivity contribution is 6.00. The Balaban J connectivity index is 1.76. The summed E-state index contributed by atoms with van der Waals surface area (Å²) < 4.78 is 18.0. The summed E-state index contributed by atoms with van der Waals surface area (Å²) in [5.41, 5.74) is 2.72. The van der Waals surface area contributed by atoms with Crippen molar-refractivity contribution in [1.82, 2.24) is 0 Å². The van der Waals surface area contributed by atoms with Crippen LogP contribution in [0.5, 0.6) is 0 Å². The zero-order valence-corrected chi connectivity index (χ0v) is 11.9. The molecule has 0 radical (unpaired) electrons. The number of hydrogen-bond donors (Lipinski definition) is 1. The van der Waals surface area contributed by atoms with Gasteiger partial charge in [0, 0.05) is 12.1 Å². The predicted molar refractivity (Wildman–Crippen MR) is 79.1 cm³/mol. The van der Waals surface area contributed by atoms with Gasteiger partial charge in [0.15, 0.2) is 6.10 Å². The summed E-state index contributed by atoms with van der Waals surface area (Å²) in [5.74, 6) is -1.30. The van der Waals surface area contributed by atoms with E-state index in [0.29, 0.717) is 17.7 Å². The summed E-state index contributed by atoms with van der Waals surface area (Å²) in [6.45, 7) is 1.89. The van der Waals surface area contributed by atoms with Crippen molar-refractivity contribution in [2.75, 3.05) is 5.32 Å². The molecule has 5 heteroatoms. The van der Waals surface area contributed by atoms with Crippen molar-refractivity contribution in [3.05, 3.63) is 65.0 Å². The van der Waals surface area contributed by atoms with Crippen molar-refractivity contribution < 1.29 is 18.7 Å². The lowest BCUT2D eigenvalue weighted by Crippen LogP contribution is -2.38. The third-order valence-corrected chi connectivity index (χ3v) is 3.54. The van der Waals surface area contributed by atoms with Crippen molar-refractivity contribution in [2.24, 2.45) is 0 Å². The van der Waals surface area contributed by atoms with Gasteiger partial charge in [-0.1, -0.05) is 17.7 Å². The molecular formula is C17H14FNO3. The van der Waals surface area contributed by atoms with Crippen LogP contribution in [0.1, 0.15) is 21.5 Å². The SMILES string of the molecule is Cc1ccc2c(c1)C(=O)OC(C(=O)Nc1ccc(F)cc1)C2. The Kier molecular flexibility index (Phi) is 3.63. The van der Waals surface area contributed by atoms with Gasteiger partial charge in [0.05, 0.1) is 5.56 Å². The fourth-order valence-corrected chi connectivity index (χ4v) is 2.39. The zero-order chi connectivity index (χ0) is 15.7. The van der Waals surface area contributed by atoms with Crippen LogP contribution in [-0.2, 0) is 16.0 Å². The molecule has 1 N–H and O–H groups in total. The molecule has 1 heterocycles. The maximum Gasteiger partial charge on any atom is 0.339 e. The van der Waals surface area contributed by atoms with E-state index in [2.05, 4.69) is 5.32 Å². The molecule has 0 bridgehead atoms. The highest BCUT2D eigenvalue weighted by Crippen LogP contribution is 2.23.